The fourth-order valence-electron chi connectivity index (χ4n) is 4.17. The van der Waals surface area contributed by atoms with Gasteiger partial charge < -0.3 is 4.74 Å². The molecule has 2 bridgehead atoms. The molecule has 2 aliphatic rings. The minimum atomic E-state index is -0.775. The van der Waals surface area contributed by atoms with Crippen LogP contribution < -0.4 is 0 Å². The summed E-state index contributed by atoms with van der Waals surface area (Å²) in [5.41, 5.74) is 1.23. The first-order chi connectivity index (χ1) is 12.6. The number of nitrogens with zero attached hydrogens (tertiary/aromatic N) is 1. The summed E-state index contributed by atoms with van der Waals surface area (Å²) in [6.45, 7) is 1.99. The van der Waals surface area contributed by atoms with Gasteiger partial charge in [-0.3, -0.25) is 9.69 Å². The Hall–Kier alpha value is -2.11. The number of halogens is 2. The van der Waals surface area contributed by atoms with Gasteiger partial charge in [-0.05, 0) is 30.5 Å². The second kappa shape index (κ2) is 7.25. The number of ketones is 1. The smallest absolute Gasteiger partial charge is 0.169 e. The summed E-state index contributed by atoms with van der Waals surface area (Å²) in [6, 6.07) is 13.7. The Kier molecular flexibility index (Phi) is 4.83. The van der Waals surface area contributed by atoms with Gasteiger partial charge in [-0.25, -0.2) is 8.78 Å². The second-order valence-electron chi connectivity index (χ2n) is 7.16. The van der Waals surface area contributed by atoms with Crippen molar-refractivity contribution in [2.75, 3.05) is 13.2 Å². The van der Waals surface area contributed by atoms with Crippen molar-refractivity contribution in [2.45, 2.75) is 31.5 Å². The predicted molar refractivity (Wildman–Crippen MR) is 93.8 cm³/mol. The molecule has 0 amide bonds. The molecule has 0 radical (unpaired) electrons. The molecule has 2 saturated heterocycles. The van der Waals surface area contributed by atoms with E-state index in [4.69, 9.17) is 4.74 Å². The lowest BCUT2D eigenvalue weighted by molar-refractivity contribution is -0.0873. The van der Waals surface area contributed by atoms with E-state index in [1.165, 1.54) is 11.6 Å². The number of carbonyl (C=O) groups excluding carboxylic acids is 1. The summed E-state index contributed by atoms with van der Waals surface area (Å²) >= 11 is 0. The van der Waals surface area contributed by atoms with E-state index in [0.29, 0.717) is 26.1 Å². The number of carbonyl (C=O) groups is 1. The molecule has 2 fully saturated rings. The zero-order chi connectivity index (χ0) is 18.1. The van der Waals surface area contributed by atoms with Crippen LogP contribution in [0, 0.1) is 17.6 Å². The lowest BCUT2D eigenvalue weighted by atomic mass is 9.80. The second-order valence-corrected chi connectivity index (χ2v) is 7.16. The summed E-state index contributed by atoms with van der Waals surface area (Å²) in [4.78, 5) is 15.2. The lowest BCUT2D eigenvalue weighted by Crippen LogP contribution is -2.57. The lowest BCUT2D eigenvalue weighted by Gasteiger charge is -2.48. The maximum atomic E-state index is 14.0. The van der Waals surface area contributed by atoms with Crippen molar-refractivity contribution < 1.29 is 18.3 Å². The van der Waals surface area contributed by atoms with Crippen molar-refractivity contribution >= 4 is 5.78 Å². The topological polar surface area (TPSA) is 29.5 Å². The molecular formula is C21H21F2NO2. The Bertz CT molecular complexity index is 782. The average molecular weight is 357 g/mol. The van der Waals surface area contributed by atoms with Crippen molar-refractivity contribution in [3.8, 4) is 0 Å². The van der Waals surface area contributed by atoms with Gasteiger partial charge in [-0.1, -0.05) is 30.3 Å². The fraction of sp³-hybridized carbons (Fsp3) is 0.381. The van der Waals surface area contributed by atoms with Crippen LogP contribution >= 0.6 is 0 Å². The normalized spacial score (nSPS) is 25.8. The van der Waals surface area contributed by atoms with Gasteiger partial charge in [0.1, 0.15) is 11.6 Å². The van der Waals surface area contributed by atoms with Gasteiger partial charge in [-0.2, -0.15) is 0 Å². The zero-order valence-electron chi connectivity index (χ0n) is 14.4. The summed E-state index contributed by atoms with van der Waals surface area (Å²) in [5, 5.41) is 0. The maximum absolute atomic E-state index is 14.0. The molecule has 2 aliphatic heterocycles. The van der Waals surface area contributed by atoms with Crippen LogP contribution in [-0.2, 0) is 11.3 Å². The molecule has 26 heavy (non-hydrogen) atoms. The summed E-state index contributed by atoms with van der Waals surface area (Å²) in [6.07, 6.45) is 1.28. The number of hydrogen-bond acceptors (Lipinski definition) is 3. The van der Waals surface area contributed by atoms with E-state index in [1.54, 1.807) is 0 Å². The zero-order valence-corrected chi connectivity index (χ0v) is 14.4. The van der Waals surface area contributed by atoms with Gasteiger partial charge in [0, 0.05) is 30.6 Å². The monoisotopic (exact) mass is 357 g/mol. The highest BCUT2D eigenvalue weighted by molar-refractivity contribution is 5.98. The Labute approximate surface area is 151 Å². The van der Waals surface area contributed by atoms with Gasteiger partial charge in [0.15, 0.2) is 5.78 Å². The molecule has 0 aliphatic carbocycles. The molecule has 0 saturated carbocycles. The molecule has 0 N–H and O–H groups in total. The van der Waals surface area contributed by atoms with E-state index >= 15 is 0 Å². The molecule has 136 valence electrons. The van der Waals surface area contributed by atoms with Crippen molar-refractivity contribution in [3.63, 3.8) is 0 Å². The number of hydrogen-bond donors (Lipinski definition) is 0. The Morgan fingerprint density at radius 3 is 2.38 bits per heavy atom. The van der Waals surface area contributed by atoms with Gasteiger partial charge >= 0.3 is 0 Å². The predicted octanol–water partition coefficient (Wildman–Crippen LogP) is 3.83. The van der Waals surface area contributed by atoms with Crippen LogP contribution in [0.15, 0.2) is 48.5 Å². The van der Waals surface area contributed by atoms with Crippen LogP contribution in [0.5, 0.6) is 0 Å². The molecule has 2 aromatic rings. The first-order valence-electron chi connectivity index (χ1n) is 8.98. The van der Waals surface area contributed by atoms with Gasteiger partial charge in [-0.15, -0.1) is 0 Å². The standard InChI is InChI=1S/C21H21F2NO2/c22-16-6-7-19(20(23)10-16)21(25)15-8-17-12-26-13-18(9-15)24(17)11-14-4-2-1-3-5-14/h1-7,10,15,17-18H,8-9,11-13H2. The van der Waals surface area contributed by atoms with Crippen LogP contribution in [0.3, 0.4) is 0 Å². The Morgan fingerprint density at radius 1 is 1.04 bits per heavy atom. The molecule has 2 unspecified atom stereocenters. The largest absolute Gasteiger partial charge is 0.378 e. The maximum Gasteiger partial charge on any atom is 0.169 e. The highest BCUT2D eigenvalue weighted by Crippen LogP contribution is 2.35. The first-order valence-corrected chi connectivity index (χ1v) is 8.98. The Balaban J connectivity index is 1.51. The number of Topliss-reactive ketones (excluding diaryl/α,β-unsaturated/α-hetero) is 1. The van der Waals surface area contributed by atoms with Crippen LogP contribution in [-0.4, -0.2) is 36.0 Å². The number of benzene rings is 2. The van der Waals surface area contributed by atoms with Crippen molar-refractivity contribution in [1.29, 1.82) is 0 Å². The van der Waals surface area contributed by atoms with E-state index in [2.05, 4.69) is 17.0 Å². The highest BCUT2D eigenvalue weighted by Gasteiger charge is 2.41. The number of morpholine rings is 1. The molecule has 0 spiro atoms. The molecule has 2 atom stereocenters. The van der Waals surface area contributed by atoms with Crippen LogP contribution in [0.4, 0.5) is 8.78 Å². The highest BCUT2D eigenvalue weighted by atomic mass is 19.1. The van der Waals surface area contributed by atoms with Crippen LogP contribution in [0.25, 0.3) is 0 Å². The van der Waals surface area contributed by atoms with E-state index in [-0.39, 0.29) is 29.3 Å². The number of rotatable bonds is 4. The SMILES string of the molecule is O=C(c1ccc(F)cc1F)C1CC2COCC(C1)N2Cc1ccccc1. The van der Waals surface area contributed by atoms with E-state index in [1.807, 2.05) is 18.2 Å². The van der Waals surface area contributed by atoms with Gasteiger partial charge in [0.05, 0.1) is 18.8 Å². The quantitative estimate of drug-likeness (QED) is 0.779. The Morgan fingerprint density at radius 2 is 1.73 bits per heavy atom. The third kappa shape index (κ3) is 3.41. The molecule has 2 heterocycles. The average Bonchev–Trinajstić information content (AvgIpc) is 2.62. The molecule has 3 nitrogen and oxygen atoms in total. The number of fused-ring (bicyclic) bond motifs is 2. The molecule has 2 aromatic carbocycles. The van der Waals surface area contributed by atoms with Gasteiger partial charge in [0.25, 0.3) is 0 Å². The van der Waals surface area contributed by atoms with Crippen molar-refractivity contribution in [3.05, 3.63) is 71.3 Å². The molecule has 4 rings (SSSR count). The number of piperidine rings is 1. The first kappa shape index (κ1) is 17.3. The summed E-state index contributed by atoms with van der Waals surface area (Å²) in [7, 11) is 0. The minimum absolute atomic E-state index is 0.00750. The third-order valence-corrected chi connectivity index (χ3v) is 5.45. The molecule has 5 heteroatoms. The number of ether oxygens (including phenoxy) is 1. The van der Waals surface area contributed by atoms with Crippen LogP contribution in [0.1, 0.15) is 28.8 Å². The van der Waals surface area contributed by atoms with E-state index in [0.717, 1.165) is 18.7 Å². The fourth-order valence-corrected chi connectivity index (χ4v) is 4.17. The summed E-state index contributed by atoms with van der Waals surface area (Å²) in [5.74, 6) is -1.91. The van der Waals surface area contributed by atoms with Gasteiger partial charge in [0.2, 0.25) is 0 Å². The van der Waals surface area contributed by atoms with E-state index < -0.39 is 11.6 Å². The molecule has 0 aromatic heterocycles. The third-order valence-electron chi connectivity index (χ3n) is 5.45. The van der Waals surface area contributed by atoms with Crippen molar-refractivity contribution in [1.82, 2.24) is 4.90 Å². The molecular weight excluding hydrogens is 336 g/mol. The minimum Gasteiger partial charge on any atom is -0.378 e. The van der Waals surface area contributed by atoms with Crippen LogP contribution in [0.2, 0.25) is 0 Å². The van der Waals surface area contributed by atoms with Crippen molar-refractivity contribution in [2.24, 2.45) is 5.92 Å². The van der Waals surface area contributed by atoms with E-state index in [9.17, 15) is 13.6 Å². The summed E-state index contributed by atoms with van der Waals surface area (Å²) < 4.78 is 32.8.